The molecule has 1 aliphatic rings. The number of aryl methyl sites for hydroxylation is 1. The van der Waals surface area contributed by atoms with Gasteiger partial charge in [0.2, 0.25) is 10.0 Å². The van der Waals surface area contributed by atoms with Crippen molar-refractivity contribution in [2.24, 2.45) is 0 Å². The van der Waals surface area contributed by atoms with Crippen LogP contribution in [-0.4, -0.2) is 55.6 Å². The molecule has 0 radical (unpaired) electrons. The molecule has 0 saturated carbocycles. The van der Waals surface area contributed by atoms with Crippen molar-refractivity contribution in [1.82, 2.24) is 14.3 Å². The van der Waals surface area contributed by atoms with E-state index in [1.54, 1.807) is 24.3 Å². The molecule has 8 nitrogen and oxygen atoms in total. The molecule has 5 rings (SSSR count). The minimum absolute atomic E-state index is 0.128. The van der Waals surface area contributed by atoms with E-state index in [1.807, 2.05) is 25.1 Å². The minimum atomic E-state index is -3.76. The zero-order valence-corrected chi connectivity index (χ0v) is 24.5. The van der Waals surface area contributed by atoms with Crippen LogP contribution in [0.15, 0.2) is 76.4 Å². The summed E-state index contributed by atoms with van der Waals surface area (Å²) >= 11 is 0. The first kappa shape index (κ1) is 29.0. The fourth-order valence-corrected chi connectivity index (χ4v) is 6.69. The van der Waals surface area contributed by atoms with Crippen molar-refractivity contribution in [1.29, 1.82) is 0 Å². The molecule has 1 fully saturated rings. The van der Waals surface area contributed by atoms with Gasteiger partial charge in [0.25, 0.3) is 5.56 Å². The van der Waals surface area contributed by atoms with E-state index < -0.39 is 10.0 Å². The average molecular weight is 576 g/mol. The van der Waals surface area contributed by atoms with Gasteiger partial charge in [-0.25, -0.2) is 13.4 Å². The summed E-state index contributed by atoms with van der Waals surface area (Å²) in [6, 6.07) is 20.9. The Hall–Kier alpha value is -3.53. The number of nitrogens with one attached hydrogen (secondary N) is 1. The summed E-state index contributed by atoms with van der Waals surface area (Å²) in [7, 11) is -3.76. The summed E-state index contributed by atoms with van der Waals surface area (Å²) in [6.45, 7) is 5.91. The highest BCUT2D eigenvalue weighted by Gasteiger charge is 2.28. The molecule has 1 N–H and O–H groups in total. The van der Waals surface area contributed by atoms with Gasteiger partial charge in [-0.2, -0.15) is 4.31 Å². The summed E-state index contributed by atoms with van der Waals surface area (Å²) in [5, 5.41) is 0.509. The third kappa shape index (κ3) is 6.53. The van der Waals surface area contributed by atoms with Crippen LogP contribution in [0.25, 0.3) is 22.3 Å². The number of morpholine rings is 1. The largest absolute Gasteiger partial charge is 0.493 e. The van der Waals surface area contributed by atoms with E-state index in [4.69, 9.17) is 14.5 Å². The maximum absolute atomic E-state index is 13.5. The molecule has 216 valence electrons. The number of rotatable bonds is 11. The van der Waals surface area contributed by atoms with E-state index in [0.29, 0.717) is 55.1 Å². The highest BCUT2D eigenvalue weighted by molar-refractivity contribution is 7.89. The molecule has 0 amide bonds. The van der Waals surface area contributed by atoms with Gasteiger partial charge in [0, 0.05) is 13.1 Å². The van der Waals surface area contributed by atoms with Crippen molar-refractivity contribution in [2.45, 2.75) is 50.3 Å². The number of fused-ring (bicyclic) bond motifs is 1. The second-order valence-corrected chi connectivity index (χ2v) is 12.4. The molecule has 1 aromatic heterocycles. The molecule has 1 aliphatic heterocycles. The predicted molar refractivity (Wildman–Crippen MR) is 161 cm³/mol. The summed E-state index contributed by atoms with van der Waals surface area (Å²) in [5.41, 5.74) is 3.10. The van der Waals surface area contributed by atoms with Gasteiger partial charge in [0.05, 0.1) is 41.2 Å². The van der Waals surface area contributed by atoms with Gasteiger partial charge in [-0.1, -0.05) is 56.3 Å². The second-order valence-electron chi connectivity index (χ2n) is 10.5. The lowest BCUT2D eigenvalue weighted by atomic mass is 9.92. The SMILES string of the molecule is CCCOc1ccc(S(=O)(=O)N2CCOCC2)cc1-c1nc2c(C(C)CCCc3ccccc3)cccc2c(=O)[nH]1. The van der Waals surface area contributed by atoms with Crippen LogP contribution in [0.5, 0.6) is 5.75 Å². The van der Waals surface area contributed by atoms with E-state index in [1.165, 1.54) is 9.87 Å². The van der Waals surface area contributed by atoms with Gasteiger partial charge in [-0.15, -0.1) is 0 Å². The number of ether oxygens (including phenoxy) is 2. The Morgan fingerprint density at radius 3 is 2.59 bits per heavy atom. The van der Waals surface area contributed by atoms with Crippen LogP contribution >= 0.6 is 0 Å². The number of nitrogens with zero attached hydrogens (tertiary/aromatic N) is 2. The number of hydrogen-bond donors (Lipinski definition) is 1. The number of benzene rings is 3. The fraction of sp³-hybridized carbons (Fsp3) is 0.375. The smallest absolute Gasteiger partial charge is 0.259 e. The highest BCUT2D eigenvalue weighted by Crippen LogP contribution is 2.33. The number of H-pyrrole nitrogens is 1. The van der Waals surface area contributed by atoms with Gasteiger partial charge in [0.15, 0.2) is 0 Å². The number of aromatic nitrogens is 2. The van der Waals surface area contributed by atoms with Crippen LogP contribution in [0.3, 0.4) is 0 Å². The predicted octanol–water partition coefficient (Wildman–Crippen LogP) is 5.53. The van der Waals surface area contributed by atoms with Crippen molar-refractivity contribution in [3.63, 3.8) is 0 Å². The van der Waals surface area contributed by atoms with Gasteiger partial charge >= 0.3 is 0 Å². The number of sulfonamides is 1. The lowest BCUT2D eigenvalue weighted by molar-refractivity contribution is 0.0730. The summed E-state index contributed by atoms with van der Waals surface area (Å²) in [4.78, 5) is 21.3. The maximum Gasteiger partial charge on any atom is 0.259 e. The lowest BCUT2D eigenvalue weighted by Gasteiger charge is -2.26. The van der Waals surface area contributed by atoms with Crippen LogP contribution in [-0.2, 0) is 21.2 Å². The van der Waals surface area contributed by atoms with Gasteiger partial charge < -0.3 is 14.5 Å². The quantitative estimate of drug-likeness (QED) is 0.253. The lowest BCUT2D eigenvalue weighted by Crippen LogP contribution is -2.40. The summed E-state index contributed by atoms with van der Waals surface area (Å²) < 4.78 is 39.7. The van der Waals surface area contributed by atoms with Crippen LogP contribution in [0.2, 0.25) is 0 Å². The molecule has 2 heterocycles. The zero-order chi connectivity index (χ0) is 28.8. The Bertz CT molecular complexity index is 1650. The average Bonchev–Trinajstić information content (AvgIpc) is 3.00. The molecule has 41 heavy (non-hydrogen) atoms. The highest BCUT2D eigenvalue weighted by atomic mass is 32.2. The van der Waals surface area contributed by atoms with E-state index in [-0.39, 0.29) is 22.2 Å². The molecular formula is C32H37N3O5S. The molecule has 0 aliphatic carbocycles. The number of hydrogen-bond acceptors (Lipinski definition) is 6. The first-order chi connectivity index (χ1) is 19.9. The Morgan fingerprint density at radius 1 is 1.05 bits per heavy atom. The number of para-hydroxylation sites is 1. The minimum Gasteiger partial charge on any atom is -0.493 e. The molecule has 0 bridgehead atoms. The van der Waals surface area contributed by atoms with Gasteiger partial charge in [-0.3, -0.25) is 4.79 Å². The molecule has 0 spiro atoms. The molecule has 9 heteroatoms. The van der Waals surface area contributed by atoms with Crippen molar-refractivity contribution in [3.8, 4) is 17.1 Å². The number of aromatic amines is 1. The molecule has 3 aromatic carbocycles. The van der Waals surface area contributed by atoms with E-state index >= 15 is 0 Å². The first-order valence-corrected chi connectivity index (χ1v) is 15.7. The van der Waals surface area contributed by atoms with Crippen molar-refractivity contribution >= 4 is 20.9 Å². The molecule has 1 unspecified atom stereocenters. The molecular weight excluding hydrogens is 538 g/mol. The van der Waals surface area contributed by atoms with E-state index in [9.17, 15) is 13.2 Å². The molecule has 1 atom stereocenters. The van der Waals surface area contributed by atoms with Crippen LogP contribution in [0.1, 0.15) is 50.2 Å². The first-order valence-electron chi connectivity index (χ1n) is 14.3. The Balaban J connectivity index is 1.52. The zero-order valence-electron chi connectivity index (χ0n) is 23.6. The van der Waals surface area contributed by atoms with Crippen LogP contribution < -0.4 is 10.3 Å². The maximum atomic E-state index is 13.5. The van der Waals surface area contributed by atoms with Crippen LogP contribution in [0, 0.1) is 0 Å². The summed E-state index contributed by atoms with van der Waals surface area (Å²) in [5.74, 6) is 0.939. The van der Waals surface area contributed by atoms with E-state index in [0.717, 1.165) is 31.2 Å². The second kappa shape index (κ2) is 13.0. The standard InChI is InChI=1S/C32H37N3O5S/c1-3-19-40-29-16-15-25(41(37,38)35-17-20-39-21-18-35)22-28(29)31-33-30-26(13-8-14-27(30)32(36)34-31)23(2)9-7-12-24-10-5-4-6-11-24/h4-6,8,10-11,13-16,22-23H,3,7,9,12,17-21H2,1-2H3,(H,33,34,36). The Morgan fingerprint density at radius 2 is 1.83 bits per heavy atom. The fourth-order valence-electron chi connectivity index (χ4n) is 5.25. The third-order valence-corrected chi connectivity index (χ3v) is 9.41. The van der Waals surface area contributed by atoms with Gasteiger partial charge in [-0.05, 0) is 67.0 Å². The van der Waals surface area contributed by atoms with Gasteiger partial charge in [0.1, 0.15) is 11.6 Å². The third-order valence-electron chi connectivity index (χ3n) is 7.52. The monoisotopic (exact) mass is 575 g/mol. The Labute approximate surface area is 241 Å². The van der Waals surface area contributed by atoms with Crippen molar-refractivity contribution < 1.29 is 17.9 Å². The molecule has 1 saturated heterocycles. The molecule has 4 aromatic rings. The van der Waals surface area contributed by atoms with E-state index in [2.05, 4.69) is 36.2 Å². The van der Waals surface area contributed by atoms with Crippen molar-refractivity contribution in [2.75, 3.05) is 32.9 Å². The van der Waals surface area contributed by atoms with Crippen molar-refractivity contribution in [3.05, 3.63) is 88.2 Å². The Kier molecular flexibility index (Phi) is 9.17. The topological polar surface area (TPSA) is 102 Å². The van der Waals surface area contributed by atoms with Crippen LogP contribution in [0.4, 0.5) is 0 Å². The normalized spacial score (nSPS) is 15.2. The summed E-state index contributed by atoms with van der Waals surface area (Å²) in [6.07, 6.45) is 3.71.